The number of halogens is 1. The number of anilines is 2. The van der Waals surface area contributed by atoms with E-state index >= 15 is 0 Å². The van der Waals surface area contributed by atoms with E-state index in [9.17, 15) is 9.59 Å². The Balaban J connectivity index is 1.77. The van der Waals surface area contributed by atoms with Gasteiger partial charge in [-0.1, -0.05) is 47.1 Å². The van der Waals surface area contributed by atoms with Gasteiger partial charge in [0.05, 0.1) is 17.4 Å². The van der Waals surface area contributed by atoms with Gasteiger partial charge in [-0.15, -0.1) is 0 Å². The molecule has 2 aromatic rings. The molecule has 3 rings (SSSR count). The van der Waals surface area contributed by atoms with Gasteiger partial charge < -0.3 is 5.32 Å². The van der Waals surface area contributed by atoms with Crippen LogP contribution in [-0.4, -0.2) is 24.4 Å². The third-order valence-electron chi connectivity index (χ3n) is 4.54. The van der Waals surface area contributed by atoms with Crippen molar-refractivity contribution in [3.8, 4) is 0 Å². The zero-order valence-electron chi connectivity index (χ0n) is 14.8. The van der Waals surface area contributed by atoms with Crippen molar-refractivity contribution in [3.05, 3.63) is 58.6 Å². The van der Waals surface area contributed by atoms with Crippen LogP contribution in [0.2, 0.25) is 0 Å². The van der Waals surface area contributed by atoms with Crippen LogP contribution in [0.5, 0.6) is 0 Å². The Kier molecular flexibility index (Phi) is 5.74. The van der Waals surface area contributed by atoms with E-state index in [1.807, 2.05) is 49.4 Å². The number of hydrogen-bond acceptors (Lipinski definition) is 3. The minimum absolute atomic E-state index is 0.0386. The molecule has 0 fully saturated rings. The quantitative estimate of drug-likeness (QED) is 0.778. The minimum Gasteiger partial charge on any atom is -0.323 e. The first-order chi connectivity index (χ1) is 12.5. The van der Waals surface area contributed by atoms with Crippen LogP contribution in [-0.2, 0) is 9.59 Å². The fraction of sp³-hybridized carbons (Fsp3) is 0.300. The van der Waals surface area contributed by atoms with Crippen molar-refractivity contribution in [1.29, 1.82) is 0 Å². The molecule has 1 aliphatic rings. The number of fused-ring (bicyclic) bond motifs is 1. The number of hydrogen-bond donors (Lipinski definition) is 2. The largest absolute Gasteiger partial charge is 0.323 e. The van der Waals surface area contributed by atoms with Crippen molar-refractivity contribution in [2.45, 2.75) is 32.4 Å². The van der Waals surface area contributed by atoms with Gasteiger partial charge in [-0.3, -0.25) is 19.8 Å². The van der Waals surface area contributed by atoms with E-state index in [2.05, 4.69) is 33.5 Å². The SMILES string of the molecule is CC[C@@H](N[C@@H](C)C(=O)N1CC(=O)Nc2ccccc21)c1ccc(Br)cc1. The molecule has 26 heavy (non-hydrogen) atoms. The maximum absolute atomic E-state index is 13.0. The zero-order chi connectivity index (χ0) is 18.7. The molecule has 0 aliphatic carbocycles. The number of carbonyl (C=O) groups excluding carboxylic acids is 2. The highest BCUT2D eigenvalue weighted by Gasteiger charge is 2.30. The smallest absolute Gasteiger partial charge is 0.244 e. The predicted molar refractivity (Wildman–Crippen MR) is 107 cm³/mol. The van der Waals surface area contributed by atoms with E-state index in [0.29, 0.717) is 5.69 Å². The molecule has 6 heteroatoms. The molecule has 0 saturated heterocycles. The number of nitrogens with zero attached hydrogens (tertiary/aromatic N) is 1. The first kappa shape index (κ1) is 18.6. The highest BCUT2D eigenvalue weighted by molar-refractivity contribution is 9.10. The molecule has 2 atom stereocenters. The van der Waals surface area contributed by atoms with Crippen molar-refractivity contribution in [2.75, 3.05) is 16.8 Å². The van der Waals surface area contributed by atoms with Crippen LogP contribution < -0.4 is 15.5 Å². The predicted octanol–water partition coefficient (Wildman–Crippen LogP) is 3.86. The molecular formula is C20H22BrN3O2. The first-order valence-electron chi connectivity index (χ1n) is 8.71. The molecule has 0 spiro atoms. The Hall–Kier alpha value is -2.18. The molecular weight excluding hydrogens is 394 g/mol. The van der Waals surface area contributed by atoms with Crippen molar-refractivity contribution in [3.63, 3.8) is 0 Å². The van der Waals surface area contributed by atoms with E-state index < -0.39 is 6.04 Å². The van der Waals surface area contributed by atoms with Crippen LogP contribution in [0, 0.1) is 0 Å². The molecule has 136 valence electrons. The van der Waals surface area contributed by atoms with Crippen molar-refractivity contribution in [1.82, 2.24) is 5.32 Å². The van der Waals surface area contributed by atoms with Crippen LogP contribution in [0.4, 0.5) is 11.4 Å². The Labute approximate surface area is 161 Å². The summed E-state index contributed by atoms with van der Waals surface area (Å²) in [6, 6.07) is 15.1. The van der Waals surface area contributed by atoms with Gasteiger partial charge in [0.1, 0.15) is 6.54 Å². The van der Waals surface area contributed by atoms with Gasteiger partial charge in [0.25, 0.3) is 0 Å². The summed E-state index contributed by atoms with van der Waals surface area (Å²) in [5, 5.41) is 6.22. The monoisotopic (exact) mass is 415 g/mol. The van der Waals surface area contributed by atoms with E-state index in [-0.39, 0.29) is 24.4 Å². The van der Waals surface area contributed by atoms with Crippen LogP contribution in [0.1, 0.15) is 31.9 Å². The maximum atomic E-state index is 13.0. The van der Waals surface area contributed by atoms with E-state index in [0.717, 1.165) is 22.1 Å². The molecule has 5 nitrogen and oxygen atoms in total. The maximum Gasteiger partial charge on any atom is 0.244 e. The highest BCUT2D eigenvalue weighted by atomic mass is 79.9. The van der Waals surface area contributed by atoms with Gasteiger partial charge >= 0.3 is 0 Å². The summed E-state index contributed by atoms with van der Waals surface area (Å²) >= 11 is 3.44. The van der Waals surface area contributed by atoms with Gasteiger partial charge in [-0.05, 0) is 43.2 Å². The summed E-state index contributed by atoms with van der Waals surface area (Å²) in [7, 11) is 0. The number of amides is 2. The average molecular weight is 416 g/mol. The molecule has 2 amide bonds. The second kappa shape index (κ2) is 8.01. The number of benzene rings is 2. The molecule has 1 heterocycles. The fourth-order valence-corrected chi connectivity index (χ4v) is 3.45. The fourth-order valence-electron chi connectivity index (χ4n) is 3.18. The first-order valence-corrected chi connectivity index (χ1v) is 9.50. The van der Waals surface area contributed by atoms with Gasteiger partial charge in [-0.25, -0.2) is 0 Å². The lowest BCUT2D eigenvalue weighted by atomic mass is 10.0. The van der Waals surface area contributed by atoms with Crippen molar-refractivity contribution in [2.24, 2.45) is 0 Å². The minimum atomic E-state index is -0.414. The van der Waals surface area contributed by atoms with Crippen LogP contribution >= 0.6 is 15.9 Å². The Bertz CT molecular complexity index is 807. The van der Waals surface area contributed by atoms with E-state index in [1.165, 1.54) is 0 Å². The molecule has 0 unspecified atom stereocenters. The second-order valence-electron chi connectivity index (χ2n) is 6.39. The Morgan fingerprint density at radius 2 is 1.92 bits per heavy atom. The van der Waals surface area contributed by atoms with Crippen molar-refractivity contribution >= 4 is 39.1 Å². The lowest BCUT2D eigenvalue weighted by Crippen LogP contribution is -2.50. The van der Waals surface area contributed by atoms with Crippen LogP contribution in [0.3, 0.4) is 0 Å². The number of carbonyl (C=O) groups is 2. The topological polar surface area (TPSA) is 61.4 Å². The highest BCUT2D eigenvalue weighted by Crippen LogP contribution is 2.29. The standard InChI is InChI=1S/C20H22BrN3O2/c1-3-16(14-8-10-15(21)11-9-14)22-13(2)20(26)24-12-19(25)23-17-6-4-5-7-18(17)24/h4-11,13,16,22H,3,12H2,1-2H3,(H,23,25)/t13-,16+/m0/s1. The van der Waals surface area contributed by atoms with E-state index in [1.54, 1.807) is 11.0 Å². The lowest BCUT2D eigenvalue weighted by molar-refractivity contribution is -0.123. The van der Waals surface area contributed by atoms with Gasteiger partial charge in [0.2, 0.25) is 11.8 Å². The normalized spacial score (nSPS) is 15.8. The molecule has 0 radical (unpaired) electrons. The molecule has 1 aliphatic heterocycles. The third kappa shape index (κ3) is 3.97. The zero-order valence-corrected chi connectivity index (χ0v) is 16.4. The van der Waals surface area contributed by atoms with Gasteiger partial charge in [0.15, 0.2) is 0 Å². The average Bonchev–Trinajstić information content (AvgIpc) is 2.65. The second-order valence-corrected chi connectivity index (χ2v) is 7.31. The summed E-state index contributed by atoms with van der Waals surface area (Å²) in [4.78, 5) is 26.5. The number of para-hydroxylation sites is 2. The Morgan fingerprint density at radius 3 is 2.62 bits per heavy atom. The molecule has 0 bridgehead atoms. The lowest BCUT2D eigenvalue weighted by Gasteiger charge is -2.32. The number of rotatable bonds is 5. The summed E-state index contributed by atoms with van der Waals surface area (Å²) in [5.41, 5.74) is 2.54. The molecule has 0 aromatic heterocycles. The van der Waals surface area contributed by atoms with E-state index in [4.69, 9.17) is 0 Å². The third-order valence-corrected chi connectivity index (χ3v) is 5.07. The summed E-state index contributed by atoms with van der Waals surface area (Å²) in [6.07, 6.45) is 0.857. The Morgan fingerprint density at radius 1 is 1.23 bits per heavy atom. The van der Waals surface area contributed by atoms with Gasteiger partial charge in [0, 0.05) is 10.5 Å². The van der Waals surface area contributed by atoms with Crippen molar-refractivity contribution < 1.29 is 9.59 Å². The van der Waals surface area contributed by atoms with Gasteiger partial charge in [-0.2, -0.15) is 0 Å². The summed E-state index contributed by atoms with van der Waals surface area (Å²) in [6.45, 7) is 3.97. The van der Waals surface area contributed by atoms with Crippen LogP contribution in [0.15, 0.2) is 53.0 Å². The molecule has 0 saturated carbocycles. The number of nitrogens with one attached hydrogen (secondary N) is 2. The van der Waals surface area contributed by atoms with Crippen LogP contribution in [0.25, 0.3) is 0 Å². The molecule has 2 aromatic carbocycles. The summed E-state index contributed by atoms with van der Waals surface area (Å²) in [5.74, 6) is -0.285. The molecule has 2 N–H and O–H groups in total. The summed E-state index contributed by atoms with van der Waals surface area (Å²) < 4.78 is 1.02.